The number of ether oxygens (including phenoxy) is 2. The molecule has 0 aliphatic carbocycles. The Morgan fingerprint density at radius 2 is 1.60 bits per heavy atom. The van der Waals surface area contributed by atoms with E-state index in [0.717, 1.165) is 60.9 Å². The molecule has 0 saturated heterocycles. The van der Waals surface area contributed by atoms with Crippen molar-refractivity contribution in [2.75, 3.05) is 6.61 Å². The van der Waals surface area contributed by atoms with E-state index in [1.165, 1.54) is 30.6 Å². The van der Waals surface area contributed by atoms with Crippen LogP contribution in [-0.4, -0.2) is 25.6 Å². The molecule has 42 heavy (non-hydrogen) atoms. The predicted octanol–water partition coefficient (Wildman–Crippen LogP) is 12.4. The summed E-state index contributed by atoms with van der Waals surface area (Å²) >= 11 is 1.65. The summed E-state index contributed by atoms with van der Waals surface area (Å²) in [5, 5.41) is 0. The lowest BCUT2D eigenvalue weighted by atomic mass is 9.91. The maximum Gasteiger partial charge on any atom is 0.387 e. The van der Waals surface area contributed by atoms with E-state index in [1.807, 2.05) is 19.1 Å². The first-order chi connectivity index (χ1) is 20.1. The van der Waals surface area contributed by atoms with Gasteiger partial charge in [0.2, 0.25) is 0 Å². The van der Waals surface area contributed by atoms with E-state index < -0.39 is 6.61 Å². The average Bonchev–Trinajstić information content (AvgIpc) is 3.17. The zero-order chi connectivity index (χ0) is 32.3. The number of allylic oxidation sites excluding steroid dienone is 3. The number of rotatable bonds is 14. The molecule has 6 heteroatoms. The van der Waals surface area contributed by atoms with E-state index in [-0.39, 0.29) is 5.75 Å². The average molecular weight is 613 g/mol. The maximum absolute atomic E-state index is 12.5. The molecule has 244 valence electrons. The molecule has 0 N–H and O–H groups in total. The Morgan fingerprint density at radius 1 is 0.976 bits per heavy atom. The van der Waals surface area contributed by atoms with Gasteiger partial charge in [-0.2, -0.15) is 8.78 Å². The van der Waals surface area contributed by atoms with Crippen LogP contribution >= 0.6 is 11.8 Å². The Hall–Kier alpha value is -1.66. The summed E-state index contributed by atoms with van der Waals surface area (Å²) < 4.78 is 35.4. The number of halogens is 2. The molecule has 4 unspecified atom stereocenters. The molecule has 0 bridgehead atoms. The highest BCUT2D eigenvalue weighted by molar-refractivity contribution is 8.11. The summed E-state index contributed by atoms with van der Waals surface area (Å²) in [5.41, 5.74) is 0.742. The van der Waals surface area contributed by atoms with Gasteiger partial charge in [-0.1, -0.05) is 124 Å². The smallest absolute Gasteiger partial charge is 0.387 e. The summed E-state index contributed by atoms with van der Waals surface area (Å²) in [4.78, 5) is 11.4. The Kier molecular flexibility index (Phi) is 28.4. The number of carbonyl (C=O) groups excluding carboxylic acids is 1. The van der Waals surface area contributed by atoms with E-state index in [1.54, 1.807) is 23.9 Å². The van der Waals surface area contributed by atoms with Crippen LogP contribution in [-0.2, 0) is 9.53 Å². The standard InChI is InChI=1S/C16H18F2OS.C14H30O.C3H6O.C3H8/c1-3-12-10-11(2)8-9-15(20-12)13-6-4-5-7-14(13)19-16(17)18;1-6-9-15-14(8-3)11-13(5)10-12(4)7-2;1-2-3-4;1-3-2/h4-7,9-11,16H,3,8H2,1-2H3;12-14H,6-11H2,1-5H3;3H,2H2,1H3;3H2,1-2H3. The Bertz CT molecular complexity index is 841. The van der Waals surface area contributed by atoms with Crippen LogP contribution in [0.2, 0.25) is 0 Å². The third kappa shape index (κ3) is 22.0. The van der Waals surface area contributed by atoms with Crippen molar-refractivity contribution in [2.24, 2.45) is 17.8 Å². The quantitative estimate of drug-likeness (QED) is 0.196. The third-order valence-corrected chi connectivity index (χ3v) is 7.74. The second-order valence-electron chi connectivity index (χ2n) is 11.0. The van der Waals surface area contributed by atoms with Crippen molar-refractivity contribution in [1.29, 1.82) is 0 Å². The summed E-state index contributed by atoms with van der Waals surface area (Å²) in [6, 6.07) is 6.98. The lowest BCUT2D eigenvalue weighted by Crippen LogP contribution is -2.17. The lowest BCUT2D eigenvalue weighted by Gasteiger charge is -2.22. The largest absolute Gasteiger partial charge is 0.434 e. The molecule has 1 aromatic carbocycles. The molecule has 2 rings (SSSR count). The number of carbonyl (C=O) groups is 1. The van der Waals surface area contributed by atoms with Crippen LogP contribution < -0.4 is 4.74 Å². The maximum atomic E-state index is 12.5. The molecular weight excluding hydrogens is 550 g/mol. The minimum Gasteiger partial charge on any atom is -0.434 e. The second-order valence-corrected chi connectivity index (χ2v) is 12.2. The van der Waals surface area contributed by atoms with Crippen molar-refractivity contribution in [1.82, 2.24) is 0 Å². The molecule has 0 fully saturated rings. The zero-order valence-electron chi connectivity index (χ0n) is 28.4. The summed E-state index contributed by atoms with van der Waals surface area (Å²) in [6.45, 7) is 19.9. The number of hydrogen-bond acceptors (Lipinski definition) is 4. The van der Waals surface area contributed by atoms with E-state index in [0.29, 0.717) is 18.4 Å². The molecule has 0 spiro atoms. The highest BCUT2D eigenvalue weighted by atomic mass is 32.2. The van der Waals surface area contributed by atoms with E-state index in [9.17, 15) is 13.6 Å². The van der Waals surface area contributed by atoms with E-state index in [4.69, 9.17) is 4.74 Å². The normalized spacial score (nSPS) is 16.5. The van der Waals surface area contributed by atoms with Gasteiger partial charge in [0.1, 0.15) is 12.0 Å². The molecule has 4 atom stereocenters. The molecule has 0 aromatic heterocycles. The van der Waals surface area contributed by atoms with Gasteiger partial charge in [-0.15, -0.1) is 0 Å². The Balaban J connectivity index is 0. The number of aldehydes is 1. The fourth-order valence-electron chi connectivity index (χ4n) is 4.15. The fourth-order valence-corrected chi connectivity index (χ4v) is 5.34. The van der Waals surface area contributed by atoms with Gasteiger partial charge in [-0.3, -0.25) is 0 Å². The van der Waals surface area contributed by atoms with Crippen LogP contribution in [0.3, 0.4) is 0 Å². The van der Waals surface area contributed by atoms with Crippen molar-refractivity contribution < 1.29 is 23.0 Å². The van der Waals surface area contributed by atoms with Gasteiger partial charge in [-0.25, -0.2) is 0 Å². The molecule has 1 aliphatic heterocycles. The fraction of sp³-hybridized carbons (Fsp3) is 0.694. The van der Waals surface area contributed by atoms with Crippen LogP contribution in [0, 0.1) is 17.8 Å². The second kappa shape index (κ2) is 28.1. The molecule has 0 amide bonds. The molecule has 1 heterocycles. The summed E-state index contributed by atoms with van der Waals surface area (Å²) in [7, 11) is 0. The Labute approximate surface area is 262 Å². The van der Waals surface area contributed by atoms with Gasteiger partial charge >= 0.3 is 6.61 Å². The highest BCUT2D eigenvalue weighted by Crippen LogP contribution is 2.42. The number of hydrogen-bond donors (Lipinski definition) is 0. The van der Waals surface area contributed by atoms with E-state index in [2.05, 4.69) is 79.2 Å². The monoisotopic (exact) mass is 612 g/mol. The number of alkyl halides is 2. The summed E-state index contributed by atoms with van der Waals surface area (Å²) in [6.07, 6.45) is 15.7. The molecular formula is C36H62F2O3S. The number of para-hydroxylation sites is 1. The van der Waals surface area contributed by atoms with Gasteiger partial charge in [0, 0.05) is 23.5 Å². The number of thioether (sulfide) groups is 1. The molecule has 1 aliphatic rings. The van der Waals surface area contributed by atoms with Crippen molar-refractivity contribution in [3.8, 4) is 5.75 Å². The topological polar surface area (TPSA) is 35.5 Å². The zero-order valence-corrected chi connectivity index (χ0v) is 29.2. The molecule has 1 aromatic rings. The SMILES string of the molecule is CCC.CCC1=CC(C)CC=C(c2ccccc2OC(F)F)S1.CCC=O.CCCOC(CC)CC(C)CC(C)CC. The first kappa shape index (κ1) is 42.5. The minimum atomic E-state index is -2.80. The van der Waals surface area contributed by atoms with Crippen LogP contribution in [0.4, 0.5) is 8.78 Å². The lowest BCUT2D eigenvalue weighted by molar-refractivity contribution is -0.107. The van der Waals surface area contributed by atoms with Gasteiger partial charge in [0.15, 0.2) is 0 Å². The van der Waals surface area contributed by atoms with E-state index >= 15 is 0 Å². The van der Waals surface area contributed by atoms with Gasteiger partial charge in [-0.05, 0) is 67.3 Å². The first-order valence-corrected chi connectivity index (χ1v) is 17.1. The van der Waals surface area contributed by atoms with Crippen molar-refractivity contribution >= 4 is 23.0 Å². The third-order valence-electron chi connectivity index (χ3n) is 6.45. The Morgan fingerprint density at radius 3 is 2.10 bits per heavy atom. The first-order valence-electron chi connectivity index (χ1n) is 16.2. The van der Waals surface area contributed by atoms with Gasteiger partial charge in [0.05, 0.1) is 6.10 Å². The molecule has 0 radical (unpaired) electrons. The number of benzene rings is 1. The van der Waals surface area contributed by atoms with Crippen molar-refractivity contribution in [3.63, 3.8) is 0 Å². The van der Waals surface area contributed by atoms with Crippen molar-refractivity contribution in [2.45, 2.75) is 140 Å². The van der Waals surface area contributed by atoms with Gasteiger partial charge < -0.3 is 14.3 Å². The highest BCUT2D eigenvalue weighted by Gasteiger charge is 2.17. The van der Waals surface area contributed by atoms with Crippen LogP contribution in [0.25, 0.3) is 4.91 Å². The predicted molar refractivity (Wildman–Crippen MR) is 181 cm³/mol. The van der Waals surface area contributed by atoms with Crippen molar-refractivity contribution in [3.05, 3.63) is 46.9 Å². The van der Waals surface area contributed by atoms with Crippen LogP contribution in [0.15, 0.2) is 41.3 Å². The molecule has 0 saturated carbocycles. The van der Waals surface area contributed by atoms with Crippen LogP contribution in [0.1, 0.15) is 133 Å². The summed E-state index contributed by atoms with van der Waals surface area (Å²) in [5.74, 6) is 2.38. The minimum absolute atomic E-state index is 0.242. The van der Waals surface area contributed by atoms with Crippen LogP contribution in [0.5, 0.6) is 5.75 Å². The van der Waals surface area contributed by atoms with Gasteiger partial charge in [0.25, 0.3) is 0 Å². The molecule has 3 nitrogen and oxygen atoms in total.